The molecule has 1 aromatic rings. The van der Waals surface area contributed by atoms with Crippen LogP contribution in [0, 0.1) is 11.7 Å². The minimum absolute atomic E-state index is 0.0124. The van der Waals surface area contributed by atoms with E-state index < -0.39 is 5.79 Å². The molecule has 0 bridgehead atoms. The topological polar surface area (TPSA) is 18.5 Å². The summed E-state index contributed by atoms with van der Waals surface area (Å²) in [5.41, 5.74) is 2.15. The lowest BCUT2D eigenvalue weighted by Crippen LogP contribution is -2.30. The van der Waals surface area contributed by atoms with Gasteiger partial charge in [-0.1, -0.05) is 18.6 Å². The van der Waals surface area contributed by atoms with Crippen molar-refractivity contribution in [2.75, 3.05) is 13.2 Å². The van der Waals surface area contributed by atoms with Crippen LogP contribution in [0.1, 0.15) is 55.6 Å². The third-order valence-corrected chi connectivity index (χ3v) is 5.41. The van der Waals surface area contributed by atoms with Gasteiger partial charge in [0.05, 0.1) is 13.2 Å². The van der Waals surface area contributed by atoms with E-state index in [0.29, 0.717) is 25.0 Å². The quantitative estimate of drug-likeness (QED) is 0.713. The Labute approximate surface area is 125 Å². The minimum Gasteiger partial charge on any atom is -0.348 e. The molecule has 0 N–H and O–H groups in total. The van der Waals surface area contributed by atoms with Crippen molar-refractivity contribution >= 4 is 0 Å². The predicted molar refractivity (Wildman–Crippen MR) is 78.7 cm³/mol. The summed E-state index contributed by atoms with van der Waals surface area (Å²) in [4.78, 5) is 0. The van der Waals surface area contributed by atoms with E-state index in [-0.39, 0.29) is 5.82 Å². The van der Waals surface area contributed by atoms with E-state index in [1.54, 1.807) is 6.07 Å². The highest BCUT2D eigenvalue weighted by Crippen LogP contribution is 2.52. The standard InChI is InChI=1S/C18H23FO2/c19-16-6-3-5-13-7-9-18(20-10-11-21-18)8-2-1-4-14-12-15(14)17(13)16/h3,5-6,14-15H,1-2,4,7-12H2. The zero-order valence-electron chi connectivity index (χ0n) is 12.4. The van der Waals surface area contributed by atoms with Crippen LogP contribution in [0.4, 0.5) is 4.39 Å². The number of hydrogen-bond acceptors (Lipinski definition) is 2. The highest BCUT2D eigenvalue weighted by atomic mass is 19.1. The van der Waals surface area contributed by atoms with Crippen molar-refractivity contribution in [2.45, 2.75) is 56.7 Å². The monoisotopic (exact) mass is 290 g/mol. The summed E-state index contributed by atoms with van der Waals surface area (Å²) in [6, 6.07) is 5.55. The summed E-state index contributed by atoms with van der Waals surface area (Å²) in [6.45, 7) is 1.39. The first kappa shape index (κ1) is 13.7. The number of rotatable bonds is 0. The van der Waals surface area contributed by atoms with Crippen molar-refractivity contribution in [3.05, 3.63) is 35.1 Å². The molecule has 3 heteroatoms. The van der Waals surface area contributed by atoms with Crippen molar-refractivity contribution in [1.29, 1.82) is 0 Å². The van der Waals surface area contributed by atoms with Crippen LogP contribution in [0.25, 0.3) is 0 Å². The molecular weight excluding hydrogens is 267 g/mol. The van der Waals surface area contributed by atoms with Gasteiger partial charge in [-0.05, 0) is 54.7 Å². The molecule has 21 heavy (non-hydrogen) atoms. The lowest BCUT2D eigenvalue weighted by atomic mass is 9.95. The molecule has 1 saturated carbocycles. The molecule has 1 aromatic carbocycles. The van der Waals surface area contributed by atoms with Gasteiger partial charge in [-0.25, -0.2) is 4.39 Å². The van der Waals surface area contributed by atoms with Crippen LogP contribution in [0.2, 0.25) is 0 Å². The van der Waals surface area contributed by atoms with E-state index in [2.05, 4.69) is 6.07 Å². The van der Waals surface area contributed by atoms with Crippen LogP contribution >= 0.6 is 0 Å². The van der Waals surface area contributed by atoms with Crippen molar-refractivity contribution in [3.8, 4) is 0 Å². The van der Waals surface area contributed by atoms with Crippen molar-refractivity contribution < 1.29 is 13.9 Å². The number of fused-ring (bicyclic) bond motifs is 3. The SMILES string of the molecule is Fc1cccc2c1C1CC1CCCCC1(CC2)OCCO1. The summed E-state index contributed by atoms with van der Waals surface area (Å²) < 4.78 is 26.1. The molecule has 1 heterocycles. The molecule has 3 aliphatic rings. The molecule has 4 rings (SSSR count). The summed E-state index contributed by atoms with van der Waals surface area (Å²) in [7, 11) is 0. The van der Waals surface area contributed by atoms with Crippen LogP contribution in [0.5, 0.6) is 0 Å². The Kier molecular flexibility index (Phi) is 3.50. The second kappa shape index (κ2) is 5.36. The van der Waals surface area contributed by atoms with Gasteiger partial charge in [0.15, 0.2) is 5.79 Å². The van der Waals surface area contributed by atoms with E-state index in [9.17, 15) is 4.39 Å². The second-order valence-corrected chi connectivity index (χ2v) is 6.77. The first-order chi connectivity index (χ1) is 10.3. The zero-order chi connectivity index (χ0) is 14.3. The highest BCUT2D eigenvalue weighted by Gasteiger charge is 2.42. The average molecular weight is 290 g/mol. The molecule has 1 spiro atoms. The Morgan fingerprint density at radius 2 is 1.95 bits per heavy atom. The van der Waals surface area contributed by atoms with Crippen LogP contribution in [0.15, 0.2) is 18.2 Å². The number of aryl methyl sites for hydroxylation is 1. The van der Waals surface area contributed by atoms with Crippen LogP contribution in [-0.2, 0) is 15.9 Å². The average Bonchev–Trinajstić information content (AvgIpc) is 3.08. The Bertz CT molecular complexity index is 522. The van der Waals surface area contributed by atoms with E-state index in [0.717, 1.165) is 31.2 Å². The van der Waals surface area contributed by atoms with E-state index >= 15 is 0 Å². The fourth-order valence-corrected chi connectivity index (χ4v) is 4.17. The number of hydrogen-bond donors (Lipinski definition) is 0. The number of halogens is 1. The summed E-state index contributed by atoms with van der Waals surface area (Å²) >= 11 is 0. The fourth-order valence-electron chi connectivity index (χ4n) is 4.17. The number of ether oxygens (including phenoxy) is 2. The van der Waals surface area contributed by atoms with Crippen LogP contribution in [-0.4, -0.2) is 19.0 Å². The van der Waals surface area contributed by atoms with Gasteiger partial charge in [-0.3, -0.25) is 0 Å². The molecule has 0 radical (unpaired) electrons. The second-order valence-electron chi connectivity index (χ2n) is 6.77. The molecule has 0 amide bonds. The Morgan fingerprint density at radius 3 is 2.81 bits per heavy atom. The van der Waals surface area contributed by atoms with Gasteiger partial charge < -0.3 is 9.47 Å². The normalized spacial score (nSPS) is 31.3. The van der Waals surface area contributed by atoms with Gasteiger partial charge in [0.1, 0.15) is 5.82 Å². The number of benzene rings is 1. The van der Waals surface area contributed by atoms with Crippen molar-refractivity contribution in [2.24, 2.45) is 5.92 Å². The molecule has 2 fully saturated rings. The maximum atomic E-state index is 14.3. The fraction of sp³-hybridized carbons (Fsp3) is 0.667. The molecule has 2 unspecified atom stereocenters. The first-order valence-electron chi connectivity index (χ1n) is 8.33. The molecule has 2 aliphatic carbocycles. The highest BCUT2D eigenvalue weighted by molar-refractivity contribution is 5.36. The third-order valence-electron chi connectivity index (χ3n) is 5.41. The molecule has 2 atom stereocenters. The lowest BCUT2D eigenvalue weighted by Gasteiger charge is -2.27. The minimum atomic E-state index is -0.405. The molecule has 2 nitrogen and oxygen atoms in total. The van der Waals surface area contributed by atoms with E-state index in [1.807, 2.05) is 6.07 Å². The first-order valence-corrected chi connectivity index (χ1v) is 8.33. The molecule has 1 aliphatic heterocycles. The third kappa shape index (κ3) is 2.62. The molecule has 114 valence electrons. The summed E-state index contributed by atoms with van der Waals surface area (Å²) in [5, 5.41) is 0. The van der Waals surface area contributed by atoms with Gasteiger partial charge in [0.2, 0.25) is 0 Å². The van der Waals surface area contributed by atoms with Gasteiger partial charge in [-0.15, -0.1) is 0 Å². The van der Waals surface area contributed by atoms with Crippen molar-refractivity contribution in [3.63, 3.8) is 0 Å². The van der Waals surface area contributed by atoms with Gasteiger partial charge in [0.25, 0.3) is 0 Å². The maximum Gasteiger partial charge on any atom is 0.168 e. The Morgan fingerprint density at radius 1 is 1.10 bits per heavy atom. The maximum absolute atomic E-state index is 14.3. The largest absolute Gasteiger partial charge is 0.348 e. The lowest BCUT2D eigenvalue weighted by molar-refractivity contribution is -0.167. The molecular formula is C18H23FO2. The van der Waals surface area contributed by atoms with Crippen molar-refractivity contribution in [1.82, 2.24) is 0 Å². The van der Waals surface area contributed by atoms with Gasteiger partial charge >= 0.3 is 0 Å². The van der Waals surface area contributed by atoms with E-state index in [4.69, 9.17) is 9.47 Å². The van der Waals surface area contributed by atoms with E-state index in [1.165, 1.54) is 24.8 Å². The van der Waals surface area contributed by atoms with Gasteiger partial charge in [0, 0.05) is 12.8 Å². The predicted octanol–water partition coefficient (Wildman–Crippen LogP) is 4.18. The zero-order valence-corrected chi connectivity index (χ0v) is 12.4. The summed E-state index contributed by atoms with van der Waals surface area (Å²) in [6.07, 6.45) is 7.44. The van der Waals surface area contributed by atoms with Crippen LogP contribution < -0.4 is 0 Å². The Hall–Kier alpha value is -0.930. The van der Waals surface area contributed by atoms with Crippen LogP contribution in [0.3, 0.4) is 0 Å². The summed E-state index contributed by atoms with van der Waals surface area (Å²) in [5.74, 6) is 0.736. The molecule has 1 saturated heterocycles. The smallest absolute Gasteiger partial charge is 0.168 e. The molecule has 0 aromatic heterocycles. The van der Waals surface area contributed by atoms with Gasteiger partial charge in [-0.2, -0.15) is 0 Å². The Balaban J connectivity index is 1.63.